The molecule has 2 aromatic rings. The molecule has 0 spiro atoms. The van der Waals surface area contributed by atoms with Crippen molar-refractivity contribution in [3.8, 4) is 5.75 Å². The number of aryl methyl sites for hydroxylation is 2. The molecule has 5 heteroatoms. The summed E-state index contributed by atoms with van der Waals surface area (Å²) in [5.41, 5.74) is 4.63. The number of rotatable bonds is 7. The van der Waals surface area contributed by atoms with Crippen LogP contribution in [0.4, 0.5) is 0 Å². The summed E-state index contributed by atoms with van der Waals surface area (Å²) in [6.45, 7) is 11.1. The van der Waals surface area contributed by atoms with Crippen molar-refractivity contribution in [3.63, 3.8) is 0 Å². The summed E-state index contributed by atoms with van der Waals surface area (Å²) < 4.78 is 7.41. The van der Waals surface area contributed by atoms with E-state index in [9.17, 15) is 0 Å². The molecular weight excluding hydrogens is 310 g/mol. The zero-order valence-corrected chi connectivity index (χ0v) is 14.9. The van der Waals surface area contributed by atoms with Crippen LogP contribution in [0.3, 0.4) is 0 Å². The molecule has 0 aliphatic carbocycles. The first-order valence-corrected chi connectivity index (χ1v) is 8.07. The monoisotopic (exact) mass is 333 g/mol. The number of nitrogens with one attached hydrogen (secondary N) is 1. The van der Waals surface area contributed by atoms with Crippen molar-refractivity contribution in [1.29, 1.82) is 0 Å². The van der Waals surface area contributed by atoms with Gasteiger partial charge in [-0.3, -0.25) is 4.68 Å². The first-order chi connectivity index (χ1) is 10.9. The van der Waals surface area contributed by atoms with Crippen molar-refractivity contribution in [2.75, 3.05) is 6.61 Å². The quantitative estimate of drug-likeness (QED) is 0.775. The van der Waals surface area contributed by atoms with Crippen LogP contribution < -0.4 is 10.1 Å². The van der Waals surface area contributed by atoms with Gasteiger partial charge in [0, 0.05) is 30.9 Å². The Bertz CT molecular complexity index is 694. The van der Waals surface area contributed by atoms with Gasteiger partial charge in [-0.15, -0.1) is 0 Å². The second-order valence-electron chi connectivity index (χ2n) is 5.68. The summed E-state index contributed by atoms with van der Waals surface area (Å²) in [5, 5.41) is 8.62. The largest absolute Gasteiger partial charge is 0.488 e. The van der Waals surface area contributed by atoms with Crippen LogP contribution in [-0.4, -0.2) is 16.4 Å². The molecule has 4 nitrogen and oxygen atoms in total. The molecule has 0 aliphatic rings. The lowest BCUT2D eigenvalue weighted by Crippen LogP contribution is -2.19. The molecule has 0 radical (unpaired) electrons. The number of hydrogen-bond acceptors (Lipinski definition) is 3. The molecule has 1 atom stereocenters. The van der Waals surface area contributed by atoms with Gasteiger partial charge in [0.05, 0.1) is 10.7 Å². The number of hydrogen-bond donors (Lipinski definition) is 1. The van der Waals surface area contributed by atoms with Gasteiger partial charge in [0.25, 0.3) is 0 Å². The maximum Gasteiger partial charge on any atom is 0.138 e. The highest BCUT2D eigenvalue weighted by Crippen LogP contribution is 2.26. The first-order valence-electron chi connectivity index (χ1n) is 7.69. The van der Waals surface area contributed by atoms with Crippen LogP contribution in [-0.2, 0) is 13.6 Å². The van der Waals surface area contributed by atoms with E-state index in [-0.39, 0.29) is 6.04 Å². The second kappa shape index (κ2) is 7.66. The van der Waals surface area contributed by atoms with Gasteiger partial charge >= 0.3 is 0 Å². The molecule has 1 N–H and O–H groups in total. The molecule has 124 valence electrons. The summed E-state index contributed by atoms with van der Waals surface area (Å²) in [4.78, 5) is 0. The van der Waals surface area contributed by atoms with Gasteiger partial charge in [-0.05, 0) is 38.5 Å². The third-order valence-electron chi connectivity index (χ3n) is 3.96. The normalized spacial score (nSPS) is 12.2. The summed E-state index contributed by atoms with van der Waals surface area (Å²) in [6, 6.07) is 6.07. The van der Waals surface area contributed by atoms with Gasteiger partial charge in [0.2, 0.25) is 0 Å². The Morgan fingerprint density at radius 2 is 2.17 bits per heavy atom. The van der Waals surface area contributed by atoms with Crippen LogP contribution in [0, 0.1) is 13.8 Å². The lowest BCUT2D eigenvalue weighted by molar-refractivity contribution is 0.363. The van der Waals surface area contributed by atoms with E-state index in [4.69, 9.17) is 16.3 Å². The Labute approximate surface area is 143 Å². The Hall–Kier alpha value is -1.78. The standard InChI is InChI=1S/C18H24ClN3O/c1-6-9-23-17-8-7-15(10-16(17)19)11-20-12(2)18-13(3)21-22(5)14(18)4/h6-8,10,12,20H,1,9,11H2,2-5H3/t12-/m1/s1. The average molecular weight is 334 g/mol. The van der Waals surface area contributed by atoms with Crippen LogP contribution in [0.2, 0.25) is 5.02 Å². The highest BCUT2D eigenvalue weighted by atomic mass is 35.5. The Kier molecular flexibility index (Phi) is 5.85. The fourth-order valence-electron chi connectivity index (χ4n) is 2.71. The maximum atomic E-state index is 6.25. The van der Waals surface area contributed by atoms with Crippen LogP contribution in [0.25, 0.3) is 0 Å². The zero-order valence-electron chi connectivity index (χ0n) is 14.2. The third kappa shape index (κ3) is 4.15. The molecule has 1 aromatic carbocycles. The van der Waals surface area contributed by atoms with E-state index in [0.717, 1.165) is 17.8 Å². The van der Waals surface area contributed by atoms with Gasteiger partial charge < -0.3 is 10.1 Å². The molecular formula is C18H24ClN3O. The zero-order chi connectivity index (χ0) is 17.0. The molecule has 0 fully saturated rings. The smallest absolute Gasteiger partial charge is 0.138 e. The molecule has 0 saturated carbocycles. The van der Waals surface area contributed by atoms with Crippen LogP contribution in [0.5, 0.6) is 5.75 Å². The third-order valence-corrected chi connectivity index (χ3v) is 4.26. The molecule has 1 aromatic heterocycles. The van der Waals surface area contributed by atoms with Crippen LogP contribution in [0.1, 0.15) is 35.5 Å². The lowest BCUT2D eigenvalue weighted by atomic mass is 10.1. The fourth-order valence-corrected chi connectivity index (χ4v) is 2.97. The second-order valence-corrected chi connectivity index (χ2v) is 6.08. The minimum Gasteiger partial charge on any atom is -0.488 e. The van der Waals surface area contributed by atoms with Crippen molar-refractivity contribution in [3.05, 3.63) is 58.4 Å². The van der Waals surface area contributed by atoms with Gasteiger partial charge in [0.1, 0.15) is 12.4 Å². The van der Waals surface area contributed by atoms with Crippen molar-refractivity contribution < 1.29 is 4.74 Å². The molecule has 23 heavy (non-hydrogen) atoms. The predicted octanol–water partition coefficient (Wildman–Crippen LogP) is 4.11. The first kappa shape index (κ1) is 17.6. The van der Waals surface area contributed by atoms with Crippen molar-refractivity contribution in [2.45, 2.75) is 33.4 Å². The van der Waals surface area contributed by atoms with Gasteiger partial charge in [0.15, 0.2) is 0 Å². The van der Waals surface area contributed by atoms with Crippen molar-refractivity contribution in [1.82, 2.24) is 15.1 Å². The van der Waals surface area contributed by atoms with E-state index in [1.54, 1.807) is 6.08 Å². The molecule has 0 amide bonds. The van der Waals surface area contributed by atoms with E-state index >= 15 is 0 Å². The fraction of sp³-hybridized carbons (Fsp3) is 0.389. The highest BCUT2D eigenvalue weighted by Gasteiger charge is 2.15. The minimum atomic E-state index is 0.221. The number of ether oxygens (including phenoxy) is 1. The lowest BCUT2D eigenvalue weighted by Gasteiger charge is -2.15. The number of benzene rings is 1. The van der Waals surface area contributed by atoms with Crippen LogP contribution in [0.15, 0.2) is 30.9 Å². The molecule has 2 rings (SSSR count). The summed E-state index contributed by atoms with van der Waals surface area (Å²) in [5.74, 6) is 0.683. The summed E-state index contributed by atoms with van der Waals surface area (Å²) >= 11 is 6.25. The van der Waals surface area contributed by atoms with Crippen molar-refractivity contribution in [2.24, 2.45) is 7.05 Å². The van der Waals surface area contributed by atoms with E-state index in [0.29, 0.717) is 17.4 Å². The Balaban J connectivity index is 2.03. The number of nitrogens with zero attached hydrogens (tertiary/aromatic N) is 2. The molecule has 0 bridgehead atoms. The maximum absolute atomic E-state index is 6.25. The summed E-state index contributed by atoms with van der Waals surface area (Å²) in [7, 11) is 1.97. The van der Waals surface area contributed by atoms with E-state index in [1.165, 1.54) is 11.3 Å². The highest BCUT2D eigenvalue weighted by molar-refractivity contribution is 6.32. The Morgan fingerprint density at radius 3 is 2.74 bits per heavy atom. The summed E-state index contributed by atoms with van der Waals surface area (Å²) in [6.07, 6.45) is 1.70. The number of aromatic nitrogens is 2. The minimum absolute atomic E-state index is 0.221. The van der Waals surface area contributed by atoms with Gasteiger partial charge in [-0.25, -0.2) is 0 Å². The SMILES string of the molecule is C=CCOc1ccc(CN[C@H](C)c2c(C)nn(C)c2C)cc1Cl. The molecule has 0 saturated heterocycles. The molecule has 0 aliphatic heterocycles. The number of halogens is 1. The molecule has 1 heterocycles. The van der Waals surface area contributed by atoms with E-state index in [1.807, 2.05) is 36.9 Å². The predicted molar refractivity (Wildman–Crippen MR) is 95.1 cm³/mol. The molecule has 0 unspecified atom stereocenters. The Morgan fingerprint density at radius 1 is 1.43 bits per heavy atom. The topological polar surface area (TPSA) is 39.1 Å². The van der Waals surface area contributed by atoms with Crippen LogP contribution >= 0.6 is 11.6 Å². The van der Waals surface area contributed by atoms with Gasteiger partial charge in [-0.2, -0.15) is 5.10 Å². The van der Waals surface area contributed by atoms with E-state index < -0.39 is 0 Å². The van der Waals surface area contributed by atoms with Gasteiger partial charge in [-0.1, -0.05) is 30.3 Å². The van der Waals surface area contributed by atoms with Crippen molar-refractivity contribution >= 4 is 11.6 Å². The van der Waals surface area contributed by atoms with E-state index in [2.05, 4.69) is 30.8 Å². The average Bonchev–Trinajstić information content (AvgIpc) is 2.77.